The summed E-state index contributed by atoms with van der Waals surface area (Å²) >= 11 is 6.08. The van der Waals surface area contributed by atoms with Gasteiger partial charge in [0, 0.05) is 37.8 Å². The molecule has 7 heteroatoms. The van der Waals surface area contributed by atoms with Gasteiger partial charge in [-0.15, -0.1) is 0 Å². The van der Waals surface area contributed by atoms with Crippen molar-refractivity contribution in [1.29, 1.82) is 0 Å². The van der Waals surface area contributed by atoms with Gasteiger partial charge in [-0.05, 0) is 13.1 Å². The molecule has 0 bridgehead atoms. The van der Waals surface area contributed by atoms with E-state index in [1.54, 1.807) is 6.20 Å². The van der Waals surface area contributed by atoms with Crippen LogP contribution in [-0.2, 0) is 0 Å². The summed E-state index contributed by atoms with van der Waals surface area (Å²) in [4.78, 5) is 11.5. The third-order valence-corrected chi connectivity index (χ3v) is 4.23. The molecule has 0 spiro atoms. The predicted octanol–water partition coefficient (Wildman–Crippen LogP) is 1.04. The Hall–Kier alpha value is -1.79. The van der Waals surface area contributed by atoms with Crippen LogP contribution in [0.5, 0.6) is 0 Å². The van der Waals surface area contributed by atoms with E-state index in [-0.39, 0.29) is 6.17 Å². The van der Waals surface area contributed by atoms with Gasteiger partial charge in [-0.3, -0.25) is 0 Å². The maximum Gasteiger partial charge on any atom is 0.192 e. The van der Waals surface area contributed by atoms with Gasteiger partial charge in [0.25, 0.3) is 0 Å². The number of rotatable bonds is 1. The van der Waals surface area contributed by atoms with E-state index in [4.69, 9.17) is 21.0 Å². The number of allylic oxidation sites excluding steroid dienone is 2. The van der Waals surface area contributed by atoms with Crippen molar-refractivity contribution in [3.63, 3.8) is 0 Å². The van der Waals surface area contributed by atoms with Crippen molar-refractivity contribution in [3.05, 3.63) is 34.7 Å². The standard InChI is InChI=1S/C14H16ClN5O/c1-7-18-11-12(21-7)10-3-8(15)4-17-13(10)19-14(11)20-5-9(6-20)16-2/h3-4,9,13,16-17H,5-6H2,1-2H3. The molecule has 1 saturated heterocycles. The zero-order valence-corrected chi connectivity index (χ0v) is 12.6. The summed E-state index contributed by atoms with van der Waals surface area (Å²) in [6.07, 6.45) is 3.49. The number of aromatic nitrogens is 1. The molecule has 1 fully saturated rings. The Morgan fingerprint density at radius 3 is 3.05 bits per heavy atom. The van der Waals surface area contributed by atoms with Crippen LogP contribution in [0.1, 0.15) is 17.3 Å². The second-order valence-electron chi connectivity index (χ2n) is 5.45. The number of hydrogen-bond donors (Lipinski definition) is 2. The van der Waals surface area contributed by atoms with Gasteiger partial charge in [-0.2, -0.15) is 0 Å². The van der Waals surface area contributed by atoms with Crippen LogP contribution in [0.2, 0.25) is 0 Å². The Kier molecular flexibility index (Phi) is 2.83. The third-order valence-electron chi connectivity index (χ3n) is 4.02. The first-order chi connectivity index (χ1) is 10.2. The summed E-state index contributed by atoms with van der Waals surface area (Å²) in [6, 6.07) is 0.509. The van der Waals surface area contributed by atoms with E-state index in [9.17, 15) is 0 Å². The first kappa shape index (κ1) is 12.9. The molecule has 1 aromatic heterocycles. The van der Waals surface area contributed by atoms with Crippen molar-refractivity contribution >= 4 is 23.0 Å². The molecule has 3 aliphatic rings. The monoisotopic (exact) mass is 305 g/mol. The Bertz CT molecular complexity index is 684. The highest BCUT2D eigenvalue weighted by molar-refractivity contribution is 6.32. The molecule has 0 radical (unpaired) electrons. The van der Waals surface area contributed by atoms with Crippen LogP contribution >= 0.6 is 11.6 Å². The van der Waals surface area contributed by atoms with E-state index in [1.807, 2.05) is 20.0 Å². The minimum absolute atomic E-state index is 0.156. The number of oxazole rings is 1. The molecule has 1 unspecified atom stereocenters. The number of nitrogens with one attached hydrogen (secondary N) is 2. The molecule has 0 saturated carbocycles. The van der Waals surface area contributed by atoms with Gasteiger partial charge in [0.2, 0.25) is 0 Å². The molecule has 3 aliphatic heterocycles. The van der Waals surface area contributed by atoms with Crippen LogP contribution in [0.25, 0.3) is 5.57 Å². The zero-order chi connectivity index (χ0) is 14.6. The second-order valence-corrected chi connectivity index (χ2v) is 5.89. The molecular weight excluding hydrogens is 290 g/mol. The van der Waals surface area contributed by atoms with Crippen molar-refractivity contribution in [2.75, 3.05) is 20.1 Å². The molecule has 2 N–H and O–H groups in total. The fourth-order valence-corrected chi connectivity index (χ4v) is 3.02. The van der Waals surface area contributed by atoms with E-state index >= 15 is 0 Å². The number of fused-ring (bicyclic) bond motifs is 3. The Labute approximate surface area is 127 Å². The summed E-state index contributed by atoms with van der Waals surface area (Å²) in [5, 5.41) is 7.10. The Balaban J connectivity index is 1.75. The van der Waals surface area contributed by atoms with Gasteiger partial charge >= 0.3 is 0 Å². The molecule has 0 aliphatic carbocycles. The van der Waals surface area contributed by atoms with Crippen LogP contribution in [0.15, 0.2) is 26.7 Å². The van der Waals surface area contributed by atoms with Crippen LogP contribution in [-0.4, -0.2) is 48.1 Å². The Morgan fingerprint density at radius 1 is 1.48 bits per heavy atom. The summed E-state index contributed by atoms with van der Waals surface area (Å²) in [5.41, 5.74) is 1.75. The number of likely N-dealkylation sites (N-methyl/N-ethyl adjacent to an activating group) is 1. The lowest BCUT2D eigenvalue weighted by molar-refractivity contribution is 0.224. The zero-order valence-electron chi connectivity index (χ0n) is 11.9. The predicted molar refractivity (Wildman–Crippen MR) is 81.0 cm³/mol. The van der Waals surface area contributed by atoms with Crippen molar-refractivity contribution in [2.45, 2.75) is 19.1 Å². The lowest BCUT2D eigenvalue weighted by atomic mass is 10.0. The van der Waals surface area contributed by atoms with Crippen LogP contribution < -0.4 is 10.6 Å². The number of dihydropyridines is 1. The molecular formula is C14H16ClN5O. The number of nitrogens with zero attached hydrogens (tertiary/aromatic N) is 3. The van der Waals surface area contributed by atoms with Gasteiger partial charge < -0.3 is 20.0 Å². The van der Waals surface area contributed by atoms with Crippen molar-refractivity contribution in [2.24, 2.45) is 4.99 Å². The van der Waals surface area contributed by atoms with Gasteiger partial charge in [-0.1, -0.05) is 11.6 Å². The summed E-state index contributed by atoms with van der Waals surface area (Å²) in [5.74, 6) is 2.31. The molecule has 4 rings (SSSR count). The topological polar surface area (TPSA) is 65.7 Å². The number of halogens is 1. The number of hydrogen-bond acceptors (Lipinski definition) is 6. The molecule has 0 aromatic carbocycles. The van der Waals surface area contributed by atoms with Crippen LogP contribution in [0.4, 0.5) is 0 Å². The number of aliphatic imine (C=N–C) groups is 1. The quantitative estimate of drug-likeness (QED) is 0.811. The summed E-state index contributed by atoms with van der Waals surface area (Å²) in [7, 11) is 1.98. The summed E-state index contributed by atoms with van der Waals surface area (Å²) in [6.45, 7) is 3.72. The maximum absolute atomic E-state index is 6.08. The molecule has 0 amide bonds. The second kappa shape index (κ2) is 4.61. The van der Waals surface area contributed by atoms with Crippen molar-refractivity contribution in [1.82, 2.24) is 20.5 Å². The molecule has 6 nitrogen and oxygen atoms in total. The molecule has 4 heterocycles. The van der Waals surface area contributed by atoms with Gasteiger partial charge in [0.1, 0.15) is 0 Å². The van der Waals surface area contributed by atoms with E-state index in [1.165, 1.54) is 0 Å². The molecule has 1 atom stereocenters. The van der Waals surface area contributed by atoms with Crippen molar-refractivity contribution in [3.8, 4) is 0 Å². The fraction of sp³-hybridized carbons (Fsp3) is 0.429. The molecule has 110 valence electrons. The average molecular weight is 306 g/mol. The SMILES string of the molecule is CNC1CN(C2=NC3NC=C(Cl)C=C3c3oc(C)nc32)C1. The maximum atomic E-state index is 6.08. The normalized spacial score (nSPS) is 24.2. The largest absolute Gasteiger partial charge is 0.440 e. The van der Waals surface area contributed by atoms with Gasteiger partial charge in [0.15, 0.2) is 29.3 Å². The average Bonchev–Trinajstić information content (AvgIpc) is 2.80. The molecule has 21 heavy (non-hydrogen) atoms. The Morgan fingerprint density at radius 2 is 2.29 bits per heavy atom. The highest BCUT2D eigenvalue weighted by Gasteiger charge is 2.38. The van der Waals surface area contributed by atoms with Crippen LogP contribution in [0.3, 0.4) is 0 Å². The lowest BCUT2D eigenvalue weighted by Crippen LogP contribution is -2.60. The highest BCUT2D eigenvalue weighted by atomic mass is 35.5. The minimum atomic E-state index is -0.156. The first-order valence-corrected chi connectivity index (χ1v) is 7.35. The van der Waals surface area contributed by atoms with E-state index in [0.717, 1.165) is 36.0 Å². The van der Waals surface area contributed by atoms with Gasteiger partial charge in [0.05, 0.1) is 5.03 Å². The number of aryl methyl sites for hydroxylation is 1. The van der Waals surface area contributed by atoms with Gasteiger partial charge in [-0.25, -0.2) is 9.98 Å². The number of amidine groups is 1. The first-order valence-electron chi connectivity index (χ1n) is 6.97. The van der Waals surface area contributed by atoms with Crippen molar-refractivity contribution < 1.29 is 4.42 Å². The molecule has 1 aromatic rings. The number of likely N-dealkylation sites (tertiary alicyclic amines) is 1. The highest BCUT2D eigenvalue weighted by Crippen LogP contribution is 2.34. The minimum Gasteiger partial charge on any atom is -0.440 e. The van der Waals surface area contributed by atoms with E-state index < -0.39 is 0 Å². The van der Waals surface area contributed by atoms with E-state index in [0.29, 0.717) is 17.0 Å². The van der Waals surface area contributed by atoms with E-state index in [2.05, 4.69) is 20.5 Å². The lowest BCUT2D eigenvalue weighted by Gasteiger charge is -2.42. The smallest absolute Gasteiger partial charge is 0.192 e. The van der Waals surface area contributed by atoms with Crippen LogP contribution in [0, 0.1) is 6.92 Å². The third kappa shape index (κ3) is 1.98. The summed E-state index contributed by atoms with van der Waals surface area (Å²) < 4.78 is 5.80. The fourth-order valence-electron chi connectivity index (χ4n) is 2.84.